The van der Waals surface area contributed by atoms with E-state index < -0.39 is 23.9 Å². The van der Waals surface area contributed by atoms with Crippen molar-refractivity contribution < 1.29 is 28.7 Å². The summed E-state index contributed by atoms with van der Waals surface area (Å²) in [7, 11) is 0. The van der Waals surface area contributed by atoms with Crippen LogP contribution in [0.3, 0.4) is 0 Å². The topological polar surface area (TPSA) is 99.7 Å². The van der Waals surface area contributed by atoms with Gasteiger partial charge in [0, 0.05) is 33.5 Å². The number of hydrogen-bond acceptors (Lipinski definition) is 10. The lowest BCUT2D eigenvalue weighted by Gasteiger charge is -2.40. The lowest BCUT2D eigenvalue weighted by molar-refractivity contribution is 0.0373. The number of esters is 4. The monoisotopic (exact) mass is 1060 g/mol. The Morgan fingerprint density at radius 1 is 0.232 bits per heavy atom. The molecule has 0 bridgehead atoms. The van der Waals surface area contributed by atoms with Gasteiger partial charge in [-0.15, -0.1) is 0 Å². The van der Waals surface area contributed by atoms with Crippen molar-refractivity contribution in [3.8, 4) is 22.3 Å². The van der Waals surface area contributed by atoms with Gasteiger partial charge in [-0.3, -0.25) is 0 Å². The fraction of sp³-hybridized carbons (Fsp3) is 0. The van der Waals surface area contributed by atoms with Gasteiger partial charge in [-0.05, 0) is 176 Å². The second-order valence-electron chi connectivity index (χ2n) is 20.9. The molecule has 0 saturated carbocycles. The van der Waals surface area contributed by atoms with Gasteiger partial charge < -0.3 is 29.1 Å². The zero-order valence-corrected chi connectivity index (χ0v) is 43.3. The number of fused-ring (bicyclic) bond motifs is 6. The number of anilines is 12. The Hall–Kier alpha value is -11.4. The van der Waals surface area contributed by atoms with E-state index in [1.54, 1.807) is 12.1 Å². The molecule has 0 radical (unpaired) electrons. The van der Waals surface area contributed by atoms with Gasteiger partial charge >= 0.3 is 23.9 Å². The van der Waals surface area contributed by atoms with E-state index in [4.69, 9.17) is 9.47 Å². The number of cyclic esters (lactones) is 4. The summed E-state index contributed by atoms with van der Waals surface area (Å²) in [6, 6.07) is 81.4. The quantitative estimate of drug-likeness (QED) is 0.0693. The van der Waals surface area contributed by atoms with Gasteiger partial charge in [-0.2, -0.15) is 0 Å². The summed E-state index contributed by atoms with van der Waals surface area (Å²) in [5.74, 6) is -2.94. The summed E-state index contributed by atoms with van der Waals surface area (Å²) in [5, 5.41) is 5.38. The third kappa shape index (κ3) is 6.34. The van der Waals surface area contributed by atoms with Crippen LogP contribution in [0.2, 0.25) is 0 Å². The molecule has 0 aliphatic carbocycles. The van der Waals surface area contributed by atoms with Crippen LogP contribution in [0, 0.1) is 0 Å². The molecule has 10 nitrogen and oxygen atoms in total. The third-order valence-corrected chi connectivity index (χ3v) is 16.7. The van der Waals surface area contributed by atoms with Crippen LogP contribution >= 0.6 is 0 Å². The molecule has 0 saturated heterocycles. The molecule has 0 spiro atoms. The van der Waals surface area contributed by atoms with E-state index in [0.717, 1.165) is 101 Å². The minimum absolute atomic E-state index is 0.272. The maximum atomic E-state index is 14.4. The van der Waals surface area contributed by atoms with E-state index in [1.165, 1.54) is 0 Å². The SMILES string of the molecule is O=C1OC(=O)c2c(-c3ccc(N4c5ccccc5N(c5ccccc5)c5ccccc54)cc3)cc3c4ccc5c6c(c(-c7ccc(N8c9ccccc9N(c9ccccc9)c9ccccc98)cc7)cc(c7ccc1c2c73)c64)C(=O)OC5=O. The van der Waals surface area contributed by atoms with Crippen LogP contribution in [0.25, 0.3) is 65.3 Å². The number of hydrogen-bond donors (Lipinski definition) is 0. The van der Waals surface area contributed by atoms with E-state index in [-0.39, 0.29) is 22.3 Å². The number of rotatable bonds is 6. The van der Waals surface area contributed by atoms with Crippen molar-refractivity contribution in [2.75, 3.05) is 19.6 Å². The van der Waals surface area contributed by atoms with Gasteiger partial charge in [0.2, 0.25) is 0 Å². The van der Waals surface area contributed by atoms with Crippen molar-refractivity contribution in [2.45, 2.75) is 0 Å². The van der Waals surface area contributed by atoms with Gasteiger partial charge in [0.05, 0.1) is 67.8 Å². The van der Waals surface area contributed by atoms with E-state index in [9.17, 15) is 19.2 Å². The second kappa shape index (κ2) is 17.1. The van der Waals surface area contributed by atoms with E-state index >= 15 is 0 Å². The second-order valence-corrected chi connectivity index (χ2v) is 20.9. The van der Waals surface area contributed by atoms with Gasteiger partial charge in [0.25, 0.3) is 0 Å². The van der Waals surface area contributed by atoms with Crippen molar-refractivity contribution >= 4 is 135 Å². The summed E-state index contributed by atoms with van der Waals surface area (Å²) >= 11 is 0. The average Bonchev–Trinajstić information content (AvgIpc) is 2.73. The molecule has 4 heterocycles. The van der Waals surface area contributed by atoms with Crippen molar-refractivity contribution in [2.24, 2.45) is 0 Å². The molecule has 82 heavy (non-hydrogen) atoms. The molecule has 0 fully saturated rings. The van der Waals surface area contributed by atoms with Crippen molar-refractivity contribution in [3.05, 3.63) is 265 Å². The Balaban J connectivity index is 0.834. The fourth-order valence-corrected chi connectivity index (χ4v) is 13.3. The predicted molar refractivity (Wildman–Crippen MR) is 324 cm³/mol. The molecule has 13 aromatic rings. The standard InChI is InChI=1S/C72H40N4O6/c77-69-49-37-36-48-54-40-52(42-29-33-46(34-30-42)76-61-25-13-9-21-57(61)74(44-17-5-2-6-18-44)58-22-10-14-26-62(58)76)68-66-50(70(78)82-72(68)80)38-35-47(64(54)66)53-39-51(67(71(79)81-69)65(49)63(48)53)41-27-31-45(32-28-41)75-59-23-11-7-19-55(59)73(43-15-3-1-4-16-43)56-20-8-12-24-60(56)75/h1-40H. The third-order valence-electron chi connectivity index (χ3n) is 16.7. The summed E-state index contributed by atoms with van der Waals surface area (Å²) in [5.41, 5.74) is 15.7. The Kier molecular flexibility index (Phi) is 9.50. The lowest BCUT2D eigenvalue weighted by atomic mass is 9.80. The number of nitrogens with zero attached hydrogens (tertiary/aromatic N) is 4. The molecule has 4 aliphatic rings. The van der Waals surface area contributed by atoms with Crippen molar-refractivity contribution in [1.29, 1.82) is 0 Å². The molecular formula is C72H40N4O6. The maximum absolute atomic E-state index is 14.4. The highest BCUT2D eigenvalue weighted by molar-refractivity contribution is 6.41. The highest BCUT2D eigenvalue weighted by Crippen LogP contribution is 2.57. The summed E-state index contributed by atoms with van der Waals surface area (Å²) < 4.78 is 11.1. The van der Waals surface area contributed by atoms with Gasteiger partial charge in [0.15, 0.2) is 0 Å². The van der Waals surface area contributed by atoms with Crippen LogP contribution in [-0.4, -0.2) is 23.9 Å². The minimum atomic E-state index is -0.739. The molecule has 0 unspecified atom stereocenters. The van der Waals surface area contributed by atoms with E-state index in [1.807, 2.05) is 133 Å². The largest absolute Gasteiger partial charge is 0.386 e. The van der Waals surface area contributed by atoms with Crippen molar-refractivity contribution in [3.63, 3.8) is 0 Å². The van der Waals surface area contributed by atoms with Crippen LogP contribution in [0.5, 0.6) is 0 Å². The smallest absolute Gasteiger partial charge is 0.347 e. The Morgan fingerprint density at radius 2 is 0.512 bits per heavy atom. The molecular weight excluding hydrogens is 1020 g/mol. The molecule has 17 rings (SSSR count). The number of carbonyl (C=O) groups excluding carboxylic acids is 4. The van der Waals surface area contributed by atoms with Crippen LogP contribution in [0.1, 0.15) is 41.4 Å². The number of para-hydroxylation sites is 10. The van der Waals surface area contributed by atoms with Gasteiger partial charge in [-0.1, -0.05) is 121 Å². The Labute approximate surface area is 468 Å². The van der Waals surface area contributed by atoms with Gasteiger partial charge in [0.1, 0.15) is 0 Å². The van der Waals surface area contributed by atoms with Crippen LogP contribution < -0.4 is 19.6 Å². The summed E-state index contributed by atoms with van der Waals surface area (Å²) in [6.45, 7) is 0. The number of carbonyl (C=O) groups is 4. The molecule has 10 heteroatoms. The first-order chi connectivity index (χ1) is 40.4. The molecule has 13 aromatic carbocycles. The summed E-state index contributed by atoms with van der Waals surface area (Å²) in [6.07, 6.45) is 0. The first-order valence-corrected chi connectivity index (χ1v) is 27.1. The molecule has 4 aliphatic heterocycles. The molecule has 0 amide bonds. The average molecular weight is 1060 g/mol. The molecule has 384 valence electrons. The predicted octanol–water partition coefficient (Wildman–Crippen LogP) is 18.2. The minimum Gasteiger partial charge on any atom is -0.386 e. The Bertz CT molecular complexity index is 4560. The molecule has 0 atom stereocenters. The van der Waals surface area contributed by atoms with Crippen LogP contribution in [0.15, 0.2) is 243 Å². The highest BCUT2D eigenvalue weighted by atomic mass is 16.6. The molecule has 0 aromatic heterocycles. The molecule has 0 N–H and O–H groups in total. The zero-order chi connectivity index (χ0) is 54.5. The van der Waals surface area contributed by atoms with Crippen molar-refractivity contribution in [1.82, 2.24) is 0 Å². The normalized spacial score (nSPS) is 14.0. The fourth-order valence-electron chi connectivity index (χ4n) is 13.3. The van der Waals surface area contributed by atoms with E-state index in [0.29, 0.717) is 32.7 Å². The lowest BCUT2D eigenvalue weighted by Crippen LogP contribution is -2.23. The summed E-state index contributed by atoms with van der Waals surface area (Å²) in [4.78, 5) is 65.7. The first kappa shape index (κ1) is 45.6. The Morgan fingerprint density at radius 3 is 0.817 bits per heavy atom. The van der Waals surface area contributed by atoms with E-state index in [2.05, 4.69) is 117 Å². The first-order valence-electron chi connectivity index (χ1n) is 27.1. The van der Waals surface area contributed by atoms with Crippen LogP contribution in [-0.2, 0) is 9.47 Å². The maximum Gasteiger partial charge on any atom is 0.347 e. The van der Waals surface area contributed by atoms with Gasteiger partial charge in [-0.25, -0.2) is 19.2 Å². The zero-order valence-electron chi connectivity index (χ0n) is 43.3. The highest BCUT2D eigenvalue weighted by Gasteiger charge is 2.38. The number of ether oxygens (including phenoxy) is 2. The number of benzene rings is 13. The van der Waals surface area contributed by atoms with Crippen LogP contribution in [0.4, 0.5) is 68.2 Å².